The molecule has 2 heterocycles. The van der Waals surface area contributed by atoms with Crippen molar-refractivity contribution in [1.82, 2.24) is 0 Å². The summed E-state index contributed by atoms with van der Waals surface area (Å²) in [6, 6.07) is 59.1. The molecule has 0 aromatic heterocycles. The monoisotopic (exact) mass is 734 g/mol. The molecule has 0 saturated carbocycles. The molecule has 0 spiro atoms. The van der Waals surface area contributed by atoms with Crippen LogP contribution in [0.5, 0.6) is 0 Å². The molecule has 2 aliphatic heterocycles. The first-order chi connectivity index (χ1) is 27.8. The van der Waals surface area contributed by atoms with Gasteiger partial charge in [0.1, 0.15) is 0 Å². The van der Waals surface area contributed by atoms with E-state index in [4.69, 9.17) is 0 Å². The molecule has 0 unspecified atom stereocenters. The summed E-state index contributed by atoms with van der Waals surface area (Å²) in [5, 5.41) is 5.00. The van der Waals surface area contributed by atoms with Crippen LogP contribution >= 0.6 is 0 Å². The maximum absolute atomic E-state index is 2.53. The highest BCUT2D eigenvalue weighted by Gasteiger charge is 2.38. The van der Waals surface area contributed by atoms with Gasteiger partial charge in [-0.3, -0.25) is 0 Å². The number of para-hydroxylation sites is 3. The molecule has 0 atom stereocenters. The Hall–Kier alpha value is -6.38. The van der Waals surface area contributed by atoms with E-state index in [0.717, 1.165) is 13.0 Å². The van der Waals surface area contributed by atoms with Crippen LogP contribution in [0.25, 0.3) is 44.8 Å². The van der Waals surface area contributed by atoms with Crippen LogP contribution in [-0.4, -0.2) is 6.54 Å². The van der Waals surface area contributed by atoms with Gasteiger partial charge < -0.3 is 9.80 Å². The molecule has 0 radical (unpaired) electrons. The molecule has 0 saturated heterocycles. The molecule has 57 heavy (non-hydrogen) atoms. The molecule has 0 bridgehead atoms. The molecule has 8 aromatic rings. The molecular weight excluding hydrogens is 689 g/mol. The third-order valence-corrected chi connectivity index (χ3v) is 13.4. The third kappa shape index (κ3) is 5.03. The molecule has 3 aliphatic rings. The van der Waals surface area contributed by atoms with Gasteiger partial charge in [0.2, 0.25) is 0 Å². The van der Waals surface area contributed by atoms with E-state index in [-0.39, 0.29) is 10.8 Å². The van der Waals surface area contributed by atoms with Crippen LogP contribution in [0.4, 0.5) is 28.4 Å². The van der Waals surface area contributed by atoms with Crippen LogP contribution in [0.15, 0.2) is 158 Å². The normalized spacial score (nSPS) is 16.0. The summed E-state index contributed by atoms with van der Waals surface area (Å²) >= 11 is 0. The Kier molecular flexibility index (Phi) is 7.48. The van der Waals surface area contributed by atoms with Gasteiger partial charge in [-0.15, -0.1) is 0 Å². The van der Waals surface area contributed by atoms with Crippen molar-refractivity contribution < 1.29 is 0 Å². The zero-order chi connectivity index (χ0) is 38.5. The Labute approximate surface area is 336 Å². The van der Waals surface area contributed by atoms with Gasteiger partial charge in [0.05, 0.1) is 17.1 Å². The average Bonchev–Trinajstić information content (AvgIpc) is 3.47. The van der Waals surface area contributed by atoms with Crippen LogP contribution < -0.4 is 9.80 Å². The van der Waals surface area contributed by atoms with Gasteiger partial charge in [-0.05, 0) is 104 Å². The quantitative estimate of drug-likeness (QED) is 0.131. The zero-order valence-corrected chi connectivity index (χ0v) is 33.2. The summed E-state index contributed by atoms with van der Waals surface area (Å²) in [7, 11) is 0. The van der Waals surface area contributed by atoms with E-state index in [1.165, 1.54) is 106 Å². The molecule has 0 N–H and O–H groups in total. The lowest BCUT2D eigenvalue weighted by molar-refractivity contribution is 0.632. The van der Waals surface area contributed by atoms with Gasteiger partial charge in [-0.1, -0.05) is 167 Å². The minimum Gasteiger partial charge on any atom is -0.341 e. The molecule has 2 heteroatoms. The van der Waals surface area contributed by atoms with E-state index >= 15 is 0 Å². The molecule has 2 nitrogen and oxygen atoms in total. The van der Waals surface area contributed by atoms with Crippen molar-refractivity contribution in [3.63, 3.8) is 0 Å². The van der Waals surface area contributed by atoms with E-state index in [1.807, 2.05) is 0 Å². The van der Waals surface area contributed by atoms with Crippen LogP contribution in [0, 0.1) is 0 Å². The topological polar surface area (TPSA) is 6.48 Å². The van der Waals surface area contributed by atoms with Crippen LogP contribution in [-0.2, 0) is 17.3 Å². The van der Waals surface area contributed by atoms with E-state index in [0.29, 0.717) is 0 Å². The molecule has 11 rings (SSSR count). The Balaban J connectivity index is 1.02. The molecule has 0 amide bonds. The summed E-state index contributed by atoms with van der Waals surface area (Å²) in [6.07, 6.45) is 7.02. The van der Waals surface area contributed by atoms with Crippen molar-refractivity contribution in [3.8, 4) is 11.1 Å². The summed E-state index contributed by atoms with van der Waals surface area (Å²) in [4.78, 5) is 5.06. The molecule has 8 aromatic carbocycles. The van der Waals surface area contributed by atoms with Gasteiger partial charge in [0.15, 0.2) is 0 Å². The first-order valence-corrected chi connectivity index (χ1v) is 20.6. The van der Waals surface area contributed by atoms with Crippen molar-refractivity contribution in [2.45, 2.75) is 51.4 Å². The van der Waals surface area contributed by atoms with Gasteiger partial charge in [-0.2, -0.15) is 0 Å². The minimum atomic E-state index is -0.119. The number of fused-ring (bicyclic) bond motifs is 8. The smallest absolute Gasteiger partial charge is 0.0619 e. The highest BCUT2D eigenvalue weighted by molar-refractivity contribution is 6.19. The molecule has 1 aliphatic carbocycles. The molecule has 0 fully saturated rings. The number of hydrogen-bond donors (Lipinski definition) is 0. The van der Waals surface area contributed by atoms with Crippen LogP contribution in [0.3, 0.4) is 0 Å². The maximum atomic E-state index is 2.53. The Morgan fingerprint density at radius 3 is 1.67 bits per heavy atom. The molecular formula is C55H46N2. The van der Waals surface area contributed by atoms with E-state index in [9.17, 15) is 0 Å². The second kappa shape index (κ2) is 12.6. The van der Waals surface area contributed by atoms with E-state index < -0.39 is 0 Å². The molecule has 276 valence electrons. The highest BCUT2D eigenvalue weighted by atomic mass is 15.2. The number of benzene rings is 8. The standard InChI is InChI=1S/C55H46N2/c1-54(2)46-22-10-13-25-51(46)57(52-26-14-11-23-47(52)54)53-44-20-8-6-18-39(44)41(40-19-7-9-21-45(40)53)30-27-36-28-31-42-43-32-29-38(35-49(43)55(3,4)48(42)34-36)56-33-15-17-37-16-5-12-24-50(37)56/h5-14,16,18-32,34-35H,15,17,33H2,1-4H3/b30-27+. The number of hydrogen-bond acceptors (Lipinski definition) is 2. The summed E-state index contributed by atoms with van der Waals surface area (Å²) in [6.45, 7) is 10.6. The highest BCUT2D eigenvalue weighted by Crippen LogP contribution is 2.55. The van der Waals surface area contributed by atoms with Gasteiger partial charge in [-0.25, -0.2) is 0 Å². The average molecular weight is 735 g/mol. The fourth-order valence-corrected chi connectivity index (χ4v) is 10.5. The first-order valence-electron chi connectivity index (χ1n) is 20.6. The first kappa shape index (κ1) is 33.9. The van der Waals surface area contributed by atoms with E-state index in [1.54, 1.807) is 0 Å². The number of rotatable bonds is 4. The Morgan fingerprint density at radius 2 is 1.00 bits per heavy atom. The van der Waals surface area contributed by atoms with Gasteiger partial charge in [0.25, 0.3) is 0 Å². The third-order valence-electron chi connectivity index (χ3n) is 13.4. The minimum absolute atomic E-state index is 0.115. The van der Waals surface area contributed by atoms with Gasteiger partial charge >= 0.3 is 0 Å². The van der Waals surface area contributed by atoms with Crippen molar-refractivity contribution in [2.75, 3.05) is 16.3 Å². The number of nitrogens with zero attached hydrogens (tertiary/aromatic N) is 2. The Morgan fingerprint density at radius 1 is 0.474 bits per heavy atom. The second-order valence-electron chi connectivity index (χ2n) is 17.2. The maximum Gasteiger partial charge on any atom is 0.0619 e. The predicted molar refractivity (Wildman–Crippen MR) is 243 cm³/mol. The fraction of sp³-hybridized carbons (Fsp3) is 0.164. The summed E-state index contributed by atoms with van der Waals surface area (Å²) < 4.78 is 0. The van der Waals surface area contributed by atoms with Crippen LogP contribution in [0.1, 0.15) is 73.1 Å². The van der Waals surface area contributed by atoms with Crippen molar-refractivity contribution in [2.24, 2.45) is 0 Å². The largest absolute Gasteiger partial charge is 0.341 e. The van der Waals surface area contributed by atoms with Crippen molar-refractivity contribution in [1.29, 1.82) is 0 Å². The number of aryl methyl sites for hydroxylation is 1. The fourth-order valence-electron chi connectivity index (χ4n) is 10.5. The second-order valence-corrected chi connectivity index (χ2v) is 17.2. The lowest BCUT2D eigenvalue weighted by Crippen LogP contribution is -2.30. The number of anilines is 5. The summed E-state index contributed by atoms with van der Waals surface area (Å²) in [5.41, 5.74) is 18.3. The Bertz CT molecular complexity index is 2860. The van der Waals surface area contributed by atoms with Crippen LogP contribution in [0.2, 0.25) is 0 Å². The lowest BCUT2D eigenvalue weighted by atomic mass is 9.73. The SMILES string of the molecule is CC1(C)c2cc(/C=C/c3c4ccccc4c(N4c5ccccc5C(C)(C)c5ccccc54)c4ccccc34)ccc2-c2ccc(N3CCCc4ccccc43)cc21. The predicted octanol–water partition coefficient (Wildman–Crippen LogP) is 14.7. The van der Waals surface area contributed by atoms with E-state index in [2.05, 4.69) is 207 Å². The van der Waals surface area contributed by atoms with Crippen molar-refractivity contribution in [3.05, 3.63) is 197 Å². The summed E-state index contributed by atoms with van der Waals surface area (Å²) in [5.74, 6) is 0. The zero-order valence-electron chi connectivity index (χ0n) is 33.2. The lowest BCUT2D eigenvalue weighted by Gasteiger charge is -2.42. The van der Waals surface area contributed by atoms with Gasteiger partial charge in [0, 0.05) is 39.5 Å². The van der Waals surface area contributed by atoms with Crippen molar-refractivity contribution >= 4 is 62.1 Å².